The number of halogens is 2. The Labute approximate surface area is 110 Å². The molecule has 78 valence electrons. The third-order valence-corrected chi connectivity index (χ3v) is 4.08. The lowest BCUT2D eigenvalue weighted by Gasteiger charge is -2.12. The molecule has 1 aromatic heterocycles. The summed E-state index contributed by atoms with van der Waals surface area (Å²) >= 11 is 8.62. The average Bonchev–Trinajstić information content (AvgIpc) is 2.69. The van der Waals surface area contributed by atoms with E-state index in [4.69, 9.17) is 5.73 Å². The van der Waals surface area contributed by atoms with Crippen molar-refractivity contribution >= 4 is 43.2 Å². The second-order valence-corrected chi connectivity index (χ2v) is 5.75. The first kappa shape index (κ1) is 11.3. The molecule has 0 aliphatic carbocycles. The molecular weight excluding hydrogens is 338 g/mol. The summed E-state index contributed by atoms with van der Waals surface area (Å²) < 4.78 is 2.09. The van der Waals surface area contributed by atoms with Gasteiger partial charge in [-0.1, -0.05) is 37.9 Å². The number of rotatable bonds is 2. The van der Waals surface area contributed by atoms with Gasteiger partial charge in [0.2, 0.25) is 0 Å². The topological polar surface area (TPSA) is 26.0 Å². The van der Waals surface area contributed by atoms with Crippen LogP contribution >= 0.6 is 43.2 Å². The highest BCUT2D eigenvalue weighted by molar-refractivity contribution is 9.11. The van der Waals surface area contributed by atoms with Gasteiger partial charge in [0.15, 0.2) is 0 Å². The highest BCUT2D eigenvalue weighted by atomic mass is 79.9. The van der Waals surface area contributed by atoms with Crippen molar-refractivity contribution in [2.24, 2.45) is 5.73 Å². The van der Waals surface area contributed by atoms with Gasteiger partial charge in [0, 0.05) is 8.95 Å². The van der Waals surface area contributed by atoms with Crippen molar-refractivity contribution in [2.75, 3.05) is 0 Å². The lowest BCUT2D eigenvalue weighted by molar-refractivity contribution is 0.871. The smallest absolute Gasteiger partial charge is 0.0571 e. The molecule has 0 aliphatic heterocycles. The summed E-state index contributed by atoms with van der Waals surface area (Å²) in [5.74, 6) is 0. The SMILES string of the molecule is NC(c1ccsc1)c1ccc(Br)cc1Br. The number of hydrogen-bond donors (Lipinski definition) is 1. The fourth-order valence-electron chi connectivity index (χ4n) is 1.39. The van der Waals surface area contributed by atoms with Crippen molar-refractivity contribution in [3.05, 3.63) is 55.1 Å². The summed E-state index contributed by atoms with van der Waals surface area (Å²) in [5, 5.41) is 4.13. The van der Waals surface area contributed by atoms with Crippen molar-refractivity contribution < 1.29 is 0 Å². The average molecular weight is 347 g/mol. The Morgan fingerprint density at radius 2 is 2.00 bits per heavy atom. The molecule has 2 aromatic rings. The van der Waals surface area contributed by atoms with Gasteiger partial charge in [-0.05, 0) is 40.1 Å². The zero-order valence-electron chi connectivity index (χ0n) is 7.78. The zero-order valence-corrected chi connectivity index (χ0v) is 11.8. The van der Waals surface area contributed by atoms with Crippen molar-refractivity contribution in [3.8, 4) is 0 Å². The molecule has 0 bridgehead atoms. The first-order chi connectivity index (χ1) is 7.18. The molecule has 0 saturated heterocycles. The number of thiophene rings is 1. The fourth-order valence-corrected chi connectivity index (χ4v) is 3.38. The lowest BCUT2D eigenvalue weighted by atomic mass is 10.0. The Morgan fingerprint density at radius 1 is 1.20 bits per heavy atom. The van der Waals surface area contributed by atoms with Gasteiger partial charge in [0.25, 0.3) is 0 Å². The first-order valence-corrected chi connectivity index (χ1v) is 6.94. The monoisotopic (exact) mass is 345 g/mol. The maximum absolute atomic E-state index is 6.17. The van der Waals surface area contributed by atoms with Crippen LogP contribution in [0.25, 0.3) is 0 Å². The summed E-state index contributed by atoms with van der Waals surface area (Å²) in [6, 6.07) is 8.06. The highest BCUT2D eigenvalue weighted by Gasteiger charge is 2.12. The van der Waals surface area contributed by atoms with Crippen molar-refractivity contribution in [3.63, 3.8) is 0 Å². The van der Waals surface area contributed by atoms with E-state index in [9.17, 15) is 0 Å². The Bertz CT molecular complexity index is 454. The van der Waals surface area contributed by atoms with Gasteiger partial charge in [-0.15, -0.1) is 0 Å². The van der Waals surface area contributed by atoms with Gasteiger partial charge in [0.05, 0.1) is 6.04 Å². The molecule has 15 heavy (non-hydrogen) atoms. The summed E-state index contributed by atoms with van der Waals surface area (Å²) in [7, 11) is 0. The number of benzene rings is 1. The van der Waals surface area contributed by atoms with E-state index < -0.39 is 0 Å². The maximum atomic E-state index is 6.17. The van der Waals surface area contributed by atoms with E-state index in [0.717, 1.165) is 20.1 Å². The normalized spacial score (nSPS) is 12.7. The molecule has 0 saturated carbocycles. The molecule has 2 rings (SSSR count). The molecular formula is C11H9Br2NS. The van der Waals surface area contributed by atoms with Crippen LogP contribution in [-0.4, -0.2) is 0 Å². The van der Waals surface area contributed by atoms with Crippen LogP contribution in [0.1, 0.15) is 17.2 Å². The Morgan fingerprint density at radius 3 is 2.60 bits per heavy atom. The van der Waals surface area contributed by atoms with E-state index in [1.807, 2.05) is 23.6 Å². The van der Waals surface area contributed by atoms with Gasteiger partial charge in [-0.2, -0.15) is 11.3 Å². The van der Waals surface area contributed by atoms with E-state index in [2.05, 4.69) is 43.3 Å². The summed E-state index contributed by atoms with van der Waals surface area (Å²) in [6.07, 6.45) is 0. The quantitative estimate of drug-likeness (QED) is 0.860. The van der Waals surface area contributed by atoms with E-state index in [0.29, 0.717) is 0 Å². The van der Waals surface area contributed by atoms with Crippen LogP contribution in [0.15, 0.2) is 44.0 Å². The predicted octanol–water partition coefficient (Wildman–Crippen LogP) is 4.32. The predicted molar refractivity (Wildman–Crippen MR) is 72.2 cm³/mol. The van der Waals surface area contributed by atoms with Crippen LogP contribution in [0.4, 0.5) is 0 Å². The Hall–Kier alpha value is -0.160. The van der Waals surface area contributed by atoms with Crippen LogP contribution in [0.5, 0.6) is 0 Å². The molecule has 0 fully saturated rings. The maximum Gasteiger partial charge on any atom is 0.0571 e. The molecule has 1 atom stereocenters. The third-order valence-electron chi connectivity index (χ3n) is 2.20. The minimum Gasteiger partial charge on any atom is -0.320 e. The molecule has 0 radical (unpaired) electrons. The van der Waals surface area contributed by atoms with Gasteiger partial charge in [-0.3, -0.25) is 0 Å². The van der Waals surface area contributed by atoms with Gasteiger partial charge in [0.1, 0.15) is 0 Å². The second-order valence-electron chi connectivity index (χ2n) is 3.20. The minimum atomic E-state index is -0.0567. The Kier molecular flexibility index (Phi) is 3.61. The van der Waals surface area contributed by atoms with Crippen molar-refractivity contribution in [1.29, 1.82) is 0 Å². The van der Waals surface area contributed by atoms with Crippen LogP contribution in [-0.2, 0) is 0 Å². The molecule has 1 aromatic carbocycles. The van der Waals surface area contributed by atoms with Gasteiger partial charge < -0.3 is 5.73 Å². The number of nitrogens with two attached hydrogens (primary N) is 1. The Balaban J connectivity index is 2.38. The standard InChI is InChI=1S/C11H9Br2NS/c12-8-1-2-9(10(13)5-8)11(14)7-3-4-15-6-7/h1-6,11H,14H2. The van der Waals surface area contributed by atoms with E-state index in [-0.39, 0.29) is 6.04 Å². The molecule has 1 heterocycles. The van der Waals surface area contributed by atoms with Crippen molar-refractivity contribution in [1.82, 2.24) is 0 Å². The van der Waals surface area contributed by atoms with E-state index in [1.54, 1.807) is 11.3 Å². The summed E-state index contributed by atoms with van der Waals surface area (Å²) in [5.41, 5.74) is 8.44. The van der Waals surface area contributed by atoms with Crippen LogP contribution < -0.4 is 5.73 Å². The van der Waals surface area contributed by atoms with Crippen LogP contribution in [0.2, 0.25) is 0 Å². The fraction of sp³-hybridized carbons (Fsp3) is 0.0909. The summed E-state index contributed by atoms with van der Waals surface area (Å²) in [6.45, 7) is 0. The first-order valence-electron chi connectivity index (χ1n) is 4.41. The minimum absolute atomic E-state index is 0.0567. The number of hydrogen-bond acceptors (Lipinski definition) is 2. The molecule has 0 amide bonds. The van der Waals surface area contributed by atoms with E-state index >= 15 is 0 Å². The van der Waals surface area contributed by atoms with Gasteiger partial charge >= 0.3 is 0 Å². The van der Waals surface area contributed by atoms with Gasteiger partial charge in [-0.25, -0.2) is 0 Å². The highest BCUT2D eigenvalue weighted by Crippen LogP contribution is 2.30. The van der Waals surface area contributed by atoms with E-state index in [1.165, 1.54) is 0 Å². The van der Waals surface area contributed by atoms with Crippen molar-refractivity contribution in [2.45, 2.75) is 6.04 Å². The zero-order chi connectivity index (χ0) is 10.8. The third kappa shape index (κ3) is 2.50. The summed E-state index contributed by atoms with van der Waals surface area (Å²) in [4.78, 5) is 0. The molecule has 4 heteroatoms. The van der Waals surface area contributed by atoms with Crippen LogP contribution in [0, 0.1) is 0 Å². The molecule has 1 nitrogen and oxygen atoms in total. The lowest BCUT2D eigenvalue weighted by Crippen LogP contribution is -2.11. The van der Waals surface area contributed by atoms with Crippen LogP contribution in [0.3, 0.4) is 0 Å². The molecule has 1 unspecified atom stereocenters. The molecule has 0 aliphatic rings. The largest absolute Gasteiger partial charge is 0.320 e. The molecule has 0 spiro atoms. The second kappa shape index (κ2) is 4.78. The molecule has 2 N–H and O–H groups in total.